The van der Waals surface area contributed by atoms with Gasteiger partial charge in [0.05, 0.1) is 20.3 Å². The van der Waals surface area contributed by atoms with Crippen LogP contribution in [-0.2, 0) is 11.3 Å². The van der Waals surface area contributed by atoms with Crippen LogP contribution in [0.5, 0.6) is 17.2 Å². The van der Waals surface area contributed by atoms with Gasteiger partial charge >= 0.3 is 5.97 Å². The summed E-state index contributed by atoms with van der Waals surface area (Å²) in [4.78, 5) is 11.8. The summed E-state index contributed by atoms with van der Waals surface area (Å²) in [7, 11) is 2.90. The molecular weight excluding hydrogens is 308 g/mol. The highest BCUT2D eigenvalue weighted by Gasteiger charge is 2.14. The summed E-state index contributed by atoms with van der Waals surface area (Å²) in [6, 6.07) is 12.6. The molecule has 0 aliphatic rings. The number of benzene rings is 2. The molecule has 2 aromatic carbocycles. The molecule has 0 aromatic heterocycles. The number of carbonyl (C=O) groups excluding carboxylic acids is 1. The quantitative estimate of drug-likeness (QED) is 0.722. The van der Waals surface area contributed by atoms with E-state index in [2.05, 4.69) is 0 Å². The molecule has 128 valence electrons. The summed E-state index contributed by atoms with van der Waals surface area (Å²) in [6.07, 6.45) is 0.131. The lowest BCUT2D eigenvalue weighted by Gasteiger charge is -2.13. The van der Waals surface area contributed by atoms with Gasteiger partial charge in [-0.15, -0.1) is 0 Å². The van der Waals surface area contributed by atoms with Crippen LogP contribution >= 0.6 is 0 Å². The number of methoxy groups -OCH3 is 2. The van der Waals surface area contributed by atoms with Gasteiger partial charge in [0.2, 0.25) is 0 Å². The molecule has 24 heavy (non-hydrogen) atoms. The molecule has 5 heteroatoms. The van der Waals surface area contributed by atoms with Crippen LogP contribution in [0.4, 0.5) is 0 Å². The summed E-state index contributed by atoms with van der Waals surface area (Å²) in [6.45, 7) is 4.28. The fraction of sp³-hybridized carbons (Fsp3) is 0.316. The van der Waals surface area contributed by atoms with Crippen molar-refractivity contribution in [2.75, 3.05) is 14.2 Å². The van der Waals surface area contributed by atoms with Crippen molar-refractivity contribution in [2.24, 2.45) is 0 Å². The number of esters is 1. The monoisotopic (exact) mass is 330 g/mol. The number of ether oxygens (including phenoxy) is 4. The Bertz CT molecular complexity index is 677. The van der Waals surface area contributed by atoms with E-state index in [-0.39, 0.29) is 6.10 Å². The maximum Gasteiger partial charge on any atom is 0.341 e. The second kappa shape index (κ2) is 8.24. The van der Waals surface area contributed by atoms with E-state index in [4.69, 9.17) is 18.9 Å². The Morgan fingerprint density at radius 2 is 1.67 bits per heavy atom. The number of rotatable bonds is 7. The second-order valence-corrected chi connectivity index (χ2v) is 5.45. The summed E-state index contributed by atoms with van der Waals surface area (Å²) >= 11 is 0. The van der Waals surface area contributed by atoms with E-state index in [9.17, 15) is 4.79 Å². The first-order valence-corrected chi connectivity index (χ1v) is 7.68. The molecule has 0 amide bonds. The van der Waals surface area contributed by atoms with E-state index < -0.39 is 5.97 Å². The summed E-state index contributed by atoms with van der Waals surface area (Å²) in [5, 5.41) is 0. The predicted molar refractivity (Wildman–Crippen MR) is 90.9 cm³/mol. The molecule has 0 fully saturated rings. The average Bonchev–Trinajstić information content (AvgIpc) is 2.59. The van der Waals surface area contributed by atoms with Crippen LogP contribution in [0.3, 0.4) is 0 Å². The van der Waals surface area contributed by atoms with Crippen molar-refractivity contribution in [2.45, 2.75) is 26.6 Å². The highest BCUT2D eigenvalue weighted by Crippen LogP contribution is 2.26. The minimum absolute atomic E-state index is 0.131. The van der Waals surface area contributed by atoms with E-state index in [0.29, 0.717) is 23.7 Å². The maximum atomic E-state index is 11.8. The third-order valence-electron chi connectivity index (χ3n) is 3.28. The zero-order valence-electron chi connectivity index (χ0n) is 14.4. The normalized spacial score (nSPS) is 10.4. The lowest BCUT2D eigenvalue weighted by atomic mass is 10.2. The fourth-order valence-corrected chi connectivity index (χ4v) is 2.13. The van der Waals surface area contributed by atoms with Gasteiger partial charge in [-0.05, 0) is 43.7 Å². The van der Waals surface area contributed by atoms with Crippen molar-refractivity contribution in [3.63, 3.8) is 0 Å². The number of carbonyl (C=O) groups is 1. The van der Waals surface area contributed by atoms with Crippen LogP contribution in [0.25, 0.3) is 0 Å². The van der Waals surface area contributed by atoms with Gasteiger partial charge in [-0.25, -0.2) is 4.79 Å². The van der Waals surface area contributed by atoms with Crippen molar-refractivity contribution < 1.29 is 23.7 Å². The molecule has 0 saturated carbocycles. The zero-order valence-corrected chi connectivity index (χ0v) is 14.4. The molecule has 0 radical (unpaired) electrons. The fourth-order valence-electron chi connectivity index (χ4n) is 2.13. The molecule has 0 spiro atoms. The average molecular weight is 330 g/mol. The van der Waals surface area contributed by atoms with Gasteiger partial charge in [0, 0.05) is 6.07 Å². The molecule has 0 bridgehead atoms. The Balaban J connectivity index is 2.11. The summed E-state index contributed by atoms with van der Waals surface area (Å²) in [5.41, 5.74) is 1.32. The van der Waals surface area contributed by atoms with Crippen LogP contribution < -0.4 is 14.2 Å². The minimum atomic E-state index is -0.451. The topological polar surface area (TPSA) is 54.0 Å². The molecule has 0 N–H and O–H groups in total. The SMILES string of the molecule is COC(=O)c1ccc(OC)cc1OCc1ccc(OC(C)C)cc1. The molecule has 0 aliphatic carbocycles. The van der Waals surface area contributed by atoms with Crippen LogP contribution in [0, 0.1) is 0 Å². The Hall–Kier alpha value is -2.69. The summed E-state index contributed by atoms with van der Waals surface area (Å²) < 4.78 is 21.4. The van der Waals surface area contributed by atoms with Crippen molar-refractivity contribution >= 4 is 5.97 Å². The zero-order chi connectivity index (χ0) is 17.5. The van der Waals surface area contributed by atoms with Crippen LogP contribution in [0.2, 0.25) is 0 Å². The Kier molecular flexibility index (Phi) is 6.07. The Morgan fingerprint density at radius 3 is 2.25 bits per heavy atom. The number of hydrogen-bond donors (Lipinski definition) is 0. The van der Waals surface area contributed by atoms with E-state index in [0.717, 1.165) is 11.3 Å². The van der Waals surface area contributed by atoms with Crippen molar-refractivity contribution in [1.29, 1.82) is 0 Å². The van der Waals surface area contributed by atoms with Gasteiger partial charge in [-0.2, -0.15) is 0 Å². The third-order valence-corrected chi connectivity index (χ3v) is 3.28. The first kappa shape index (κ1) is 17.7. The van der Waals surface area contributed by atoms with Crippen molar-refractivity contribution in [3.05, 3.63) is 53.6 Å². The first-order valence-electron chi connectivity index (χ1n) is 7.68. The largest absolute Gasteiger partial charge is 0.497 e. The van der Waals surface area contributed by atoms with Crippen LogP contribution in [-0.4, -0.2) is 26.3 Å². The van der Waals surface area contributed by atoms with E-state index >= 15 is 0 Å². The lowest BCUT2D eigenvalue weighted by Crippen LogP contribution is -2.07. The first-order chi connectivity index (χ1) is 11.5. The van der Waals surface area contributed by atoms with Gasteiger partial charge in [0.15, 0.2) is 0 Å². The highest BCUT2D eigenvalue weighted by molar-refractivity contribution is 5.92. The number of hydrogen-bond acceptors (Lipinski definition) is 5. The van der Waals surface area contributed by atoms with Crippen LogP contribution in [0.15, 0.2) is 42.5 Å². The standard InChI is InChI=1S/C19H22O5/c1-13(2)24-15-7-5-14(6-8-15)12-23-18-11-16(21-3)9-10-17(18)19(20)22-4/h5-11,13H,12H2,1-4H3. The molecule has 5 nitrogen and oxygen atoms in total. The molecule has 2 aromatic rings. The van der Waals surface area contributed by atoms with E-state index in [1.807, 2.05) is 38.1 Å². The molecule has 0 atom stereocenters. The van der Waals surface area contributed by atoms with Gasteiger partial charge in [-0.3, -0.25) is 0 Å². The molecule has 0 heterocycles. The molecule has 2 rings (SSSR count). The molecule has 0 unspecified atom stereocenters. The van der Waals surface area contributed by atoms with E-state index in [1.54, 1.807) is 25.3 Å². The maximum absolute atomic E-state index is 11.8. The minimum Gasteiger partial charge on any atom is -0.497 e. The lowest BCUT2D eigenvalue weighted by molar-refractivity contribution is 0.0595. The van der Waals surface area contributed by atoms with Crippen LogP contribution in [0.1, 0.15) is 29.8 Å². The molecule has 0 aliphatic heterocycles. The Morgan fingerprint density at radius 1 is 1.00 bits per heavy atom. The highest BCUT2D eigenvalue weighted by atomic mass is 16.5. The predicted octanol–water partition coefficient (Wildman–Crippen LogP) is 3.85. The third kappa shape index (κ3) is 4.65. The molecule has 0 saturated heterocycles. The van der Waals surface area contributed by atoms with Gasteiger partial charge < -0.3 is 18.9 Å². The summed E-state index contributed by atoms with van der Waals surface area (Å²) in [5.74, 6) is 1.39. The smallest absolute Gasteiger partial charge is 0.341 e. The molecular formula is C19H22O5. The van der Waals surface area contributed by atoms with E-state index in [1.165, 1.54) is 7.11 Å². The van der Waals surface area contributed by atoms with Crippen molar-refractivity contribution in [1.82, 2.24) is 0 Å². The van der Waals surface area contributed by atoms with Gasteiger partial charge in [0.25, 0.3) is 0 Å². The van der Waals surface area contributed by atoms with Crippen molar-refractivity contribution in [3.8, 4) is 17.2 Å². The second-order valence-electron chi connectivity index (χ2n) is 5.45. The van der Waals surface area contributed by atoms with Gasteiger partial charge in [0.1, 0.15) is 29.4 Å². The Labute approximate surface area is 142 Å². The van der Waals surface area contributed by atoms with Gasteiger partial charge in [-0.1, -0.05) is 12.1 Å².